The summed E-state index contributed by atoms with van der Waals surface area (Å²) in [6, 6.07) is 17.4. The Morgan fingerprint density at radius 3 is 2.42 bits per heavy atom. The number of halogens is 4. The number of nitrogens with one attached hydrogen (secondary N) is 1. The highest BCUT2D eigenvalue weighted by Crippen LogP contribution is 2.34. The predicted octanol–water partition coefficient (Wildman–Crippen LogP) is 6.56. The quantitative estimate of drug-likeness (QED) is 0.167. The molecule has 3 aromatic carbocycles. The first-order chi connectivity index (χ1) is 17.2. The van der Waals surface area contributed by atoms with Gasteiger partial charge in [0.2, 0.25) is 0 Å². The van der Waals surface area contributed by atoms with Crippen molar-refractivity contribution in [2.75, 3.05) is 4.31 Å². The molecule has 1 atom stereocenters. The first-order valence-electron chi connectivity index (χ1n) is 10.2. The molecule has 0 saturated heterocycles. The van der Waals surface area contributed by atoms with Gasteiger partial charge in [0.05, 0.1) is 34.2 Å². The number of rotatable bonds is 8. The Balaban J connectivity index is 1.68. The average molecular weight is 693 g/mol. The minimum atomic E-state index is -2.79. The van der Waals surface area contributed by atoms with Gasteiger partial charge in [0.25, 0.3) is 5.91 Å². The van der Waals surface area contributed by atoms with E-state index in [0.717, 1.165) is 25.2 Å². The van der Waals surface area contributed by atoms with Crippen molar-refractivity contribution in [3.05, 3.63) is 102 Å². The van der Waals surface area contributed by atoms with Crippen LogP contribution in [0, 0.1) is 3.57 Å². The Hall–Kier alpha value is -1.80. The van der Waals surface area contributed by atoms with E-state index >= 15 is 0 Å². The molecule has 0 spiro atoms. The van der Waals surface area contributed by atoms with E-state index in [4.69, 9.17) is 34.8 Å². The Labute approximate surface area is 242 Å². The van der Waals surface area contributed by atoms with Gasteiger partial charge < -0.3 is 9.87 Å². The highest BCUT2D eigenvalue weighted by molar-refractivity contribution is 14.1. The van der Waals surface area contributed by atoms with Gasteiger partial charge >= 0.3 is 0 Å². The van der Waals surface area contributed by atoms with E-state index in [1.807, 2.05) is 52.9 Å². The van der Waals surface area contributed by atoms with Crippen molar-refractivity contribution in [2.45, 2.75) is 13.0 Å². The smallest absolute Gasteiger partial charge is 0.253 e. The molecule has 13 heteroatoms. The van der Waals surface area contributed by atoms with E-state index in [9.17, 15) is 13.6 Å². The zero-order valence-electron chi connectivity index (χ0n) is 18.1. The number of amides is 1. The fraction of sp³-hybridized carbons (Fsp3) is 0.0870. The van der Waals surface area contributed by atoms with E-state index in [2.05, 4.69) is 14.1 Å². The van der Waals surface area contributed by atoms with Crippen LogP contribution in [-0.4, -0.2) is 23.4 Å². The molecule has 0 aliphatic carbocycles. The molecular weight excluding hydrogens is 678 g/mol. The molecular formula is C23H15Cl3IN4O3S2-. The minimum Gasteiger partial charge on any atom is -0.755 e. The first-order valence-corrected chi connectivity index (χ1v) is 14.2. The second-order valence-corrected chi connectivity index (χ2v) is 11.2. The van der Waals surface area contributed by atoms with Gasteiger partial charge in [-0.25, -0.2) is 0 Å². The molecule has 0 saturated carbocycles. The van der Waals surface area contributed by atoms with Crippen LogP contribution < -0.4 is 9.62 Å². The van der Waals surface area contributed by atoms with Crippen LogP contribution in [0.2, 0.25) is 15.1 Å². The molecule has 0 radical (unpaired) electrons. The molecule has 0 bridgehead atoms. The standard InChI is InChI=1S/C23H16Cl3IN4O3S2/c24-14-9-18(25)17(19(26)10-14)12-28-23(32)16-7-6-15(27)11-21(16)31(36(33)34)22-20(29-35-30-22)8-13-4-2-1-3-5-13/h1-7,9-11H,8,12H2,(H,28,32)(H,33,34)/p-1. The number of hydrogen-bond acceptors (Lipinski definition) is 6. The van der Waals surface area contributed by atoms with Gasteiger partial charge in [0.1, 0.15) is 5.69 Å². The summed E-state index contributed by atoms with van der Waals surface area (Å²) in [5, 5.41) is 3.73. The monoisotopic (exact) mass is 691 g/mol. The molecule has 0 aliphatic heterocycles. The lowest BCUT2D eigenvalue weighted by molar-refractivity contribution is 0.0951. The van der Waals surface area contributed by atoms with Gasteiger partial charge in [-0.3, -0.25) is 13.3 Å². The van der Waals surface area contributed by atoms with Gasteiger partial charge in [-0.2, -0.15) is 8.75 Å². The number of aromatic nitrogens is 2. The number of carbonyl (C=O) groups is 1. The molecule has 186 valence electrons. The van der Waals surface area contributed by atoms with Crippen LogP contribution in [0.4, 0.5) is 11.5 Å². The van der Waals surface area contributed by atoms with Gasteiger partial charge in [0, 0.05) is 37.2 Å². The fourth-order valence-corrected chi connectivity index (χ4v) is 6.02. The van der Waals surface area contributed by atoms with Gasteiger partial charge in [-0.05, 0) is 58.5 Å². The van der Waals surface area contributed by atoms with Gasteiger partial charge in [-0.1, -0.05) is 65.1 Å². The van der Waals surface area contributed by atoms with Crippen LogP contribution in [0.3, 0.4) is 0 Å². The van der Waals surface area contributed by atoms with Crippen molar-refractivity contribution in [2.24, 2.45) is 0 Å². The van der Waals surface area contributed by atoms with Crippen molar-refractivity contribution in [1.82, 2.24) is 14.1 Å². The van der Waals surface area contributed by atoms with Gasteiger partial charge in [0.15, 0.2) is 5.82 Å². The third-order valence-electron chi connectivity index (χ3n) is 5.05. The molecule has 1 aromatic heterocycles. The Morgan fingerprint density at radius 1 is 1.06 bits per heavy atom. The van der Waals surface area contributed by atoms with Crippen LogP contribution in [-0.2, 0) is 24.2 Å². The largest absolute Gasteiger partial charge is 0.755 e. The minimum absolute atomic E-state index is 0.0110. The summed E-state index contributed by atoms with van der Waals surface area (Å²) >= 11 is 18.6. The number of benzene rings is 3. The fourth-order valence-electron chi connectivity index (χ4n) is 3.39. The summed E-state index contributed by atoms with van der Waals surface area (Å²) in [6.45, 7) is 0.0110. The van der Waals surface area contributed by atoms with E-state index in [0.29, 0.717) is 32.7 Å². The third-order valence-corrected chi connectivity index (χ3v) is 7.84. The number of hydrogen-bond donors (Lipinski definition) is 1. The molecule has 36 heavy (non-hydrogen) atoms. The molecule has 0 fully saturated rings. The lowest BCUT2D eigenvalue weighted by atomic mass is 10.1. The molecule has 7 nitrogen and oxygen atoms in total. The van der Waals surface area contributed by atoms with Crippen molar-refractivity contribution < 1.29 is 13.6 Å². The molecule has 1 heterocycles. The molecule has 1 N–H and O–H groups in total. The summed E-state index contributed by atoms with van der Waals surface area (Å²) in [7, 11) is 0. The second-order valence-electron chi connectivity index (χ2n) is 7.40. The number of carbonyl (C=O) groups excluding carboxylic acids is 1. The van der Waals surface area contributed by atoms with E-state index < -0.39 is 17.2 Å². The van der Waals surface area contributed by atoms with Crippen molar-refractivity contribution in [3.63, 3.8) is 0 Å². The lowest BCUT2D eigenvalue weighted by Crippen LogP contribution is -2.28. The number of anilines is 2. The van der Waals surface area contributed by atoms with Gasteiger partial charge in [-0.15, -0.1) is 0 Å². The molecule has 4 aromatic rings. The summed E-state index contributed by atoms with van der Waals surface area (Å²) in [5.41, 5.74) is 2.17. The average Bonchev–Trinajstić information content (AvgIpc) is 3.26. The molecule has 1 amide bonds. The topological polar surface area (TPSA) is 98.2 Å². The summed E-state index contributed by atoms with van der Waals surface area (Å²) in [5.74, 6) is -0.385. The zero-order valence-corrected chi connectivity index (χ0v) is 24.1. The van der Waals surface area contributed by atoms with E-state index in [1.54, 1.807) is 18.2 Å². The molecule has 0 aliphatic rings. The van der Waals surface area contributed by atoms with Crippen LogP contribution in [0.15, 0.2) is 60.7 Å². The molecule has 4 rings (SSSR count). The predicted molar refractivity (Wildman–Crippen MR) is 152 cm³/mol. The van der Waals surface area contributed by atoms with Crippen LogP contribution in [0.5, 0.6) is 0 Å². The normalized spacial score (nSPS) is 11.8. The Kier molecular flexibility index (Phi) is 9.20. The lowest BCUT2D eigenvalue weighted by Gasteiger charge is -2.27. The number of nitrogens with zero attached hydrogens (tertiary/aromatic N) is 3. The summed E-state index contributed by atoms with van der Waals surface area (Å²) in [4.78, 5) is 13.2. The van der Waals surface area contributed by atoms with Crippen molar-refractivity contribution in [1.29, 1.82) is 0 Å². The highest BCUT2D eigenvalue weighted by atomic mass is 127. The Morgan fingerprint density at radius 2 is 1.75 bits per heavy atom. The van der Waals surface area contributed by atoms with E-state index in [1.165, 1.54) is 12.1 Å². The van der Waals surface area contributed by atoms with Crippen molar-refractivity contribution in [3.8, 4) is 0 Å². The maximum absolute atomic E-state index is 13.2. The second kappa shape index (κ2) is 12.2. The summed E-state index contributed by atoms with van der Waals surface area (Å²) < 4.78 is 35.2. The SMILES string of the molecule is O=C(NCc1c(Cl)cc(Cl)cc1Cl)c1ccc(I)cc1N(c1nsnc1Cc1ccccc1)S(=O)[O-]. The van der Waals surface area contributed by atoms with Crippen LogP contribution >= 0.6 is 69.1 Å². The summed E-state index contributed by atoms with van der Waals surface area (Å²) in [6.07, 6.45) is 0.374. The first kappa shape index (κ1) is 27.2. The van der Waals surface area contributed by atoms with Crippen LogP contribution in [0.25, 0.3) is 0 Å². The Bertz CT molecular complexity index is 1420. The zero-order chi connectivity index (χ0) is 25.8. The van der Waals surface area contributed by atoms with Crippen LogP contribution in [0.1, 0.15) is 27.2 Å². The van der Waals surface area contributed by atoms with Crippen molar-refractivity contribution >= 4 is 97.8 Å². The molecule has 1 unspecified atom stereocenters. The maximum atomic E-state index is 13.2. The maximum Gasteiger partial charge on any atom is 0.253 e. The highest BCUT2D eigenvalue weighted by Gasteiger charge is 2.25. The third kappa shape index (κ3) is 6.36. The van der Waals surface area contributed by atoms with E-state index in [-0.39, 0.29) is 23.6 Å².